The summed E-state index contributed by atoms with van der Waals surface area (Å²) < 4.78 is 0. The van der Waals surface area contributed by atoms with E-state index in [2.05, 4.69) is 9.97 Å². The minimum absolute atomic E-state index is 0.0386. The van der Waals surface area contributed by atoms with E-state index in [1.54, 1.807) is 6.07 Å². The van der Waals surface area contributed by atoms with Crippen LogP contribution in [0.3, 0.4) is 0 Å². The minimum atomic E-state index is -0.863. The third kappa shape index (κ3) is 2.99. The van der Waals surface area contributed by atoms with Crippen molar-refractivity contribution in [3.63, 3.8) is 0 Å². The number of carboxylic acids is 1. The maximum Gasteiger partial charge on any atom is 0.309 e. The zero-order valence-corrected chi connectivity index (χ0v) is 8.97. The molecule has 0 aliphatic heterocycles. The molecule has 0 saturated heterocycles. The molecule has 0 fully saturated rings. The van der Waals surface area contributed by atoms with Gasteiger partial charge in [0.15, 0.2) is 5.16 Å². The number of aromatic nitrogens is 2. The molecule has 4 nitrogen and oxygen atoms in total. The van der Waals surface area contributed by atoms with Crippen LogP contribution in [0, 0.1) is 0 Å². The zero-order chi connectivity index (χ0) is 10.6. The van der Waals surface area contributed by atoms with Gasteiger partial charge in [0.25, 0.3) is 0 Å². The number of carbonyl (C=O) groups is 1. The number of hydrogen-bond acceptors (Lipinski definition) is 4. The van der Waals surface area contributed by atoms with Crippen LogP contribution in [-0.2, 0) is 17.6 Å². The fourth-order valence-corrected chi connectivity index (χ4v) is 1.46. The summed E-state index contributed by atoms with van der Waals surface area (Å²) in [6, 6.07) is 1.74. The van der Waals surface area contributed by atoms with Crippen molar-refractivity contribution in [2.45, 2.75) is 24.9 Å². The molecule has 0 saturated carbocycles. The number of thioether (sulfide) groups is 1. The maximum absolute atomic E-state index is 10.5. The summed E-state index contributed by atoms with van der Waals surface area (Å²) in [5.41, 5.74) is 1.47. The summed E-state index contributed by atoms with van der Waals surface area (Å²) in [6.45, 7) is 1.98. The van der Waals surface area contributed by atoms with Gasteiger partial charge in [0.1, 0.15) is 0 Å². The van der Waals surface area contributed by atoms with Crippen molar-refractivity contribution in [2.24, 2.45) is 0 Å². The molecule has 5 heteroatoms. The van der Waals surface area contributed by atoms with Crippen LogP contribution >= 0.6 is 11.8 Å². The van der Waals surface area contributed by atoms with Gasteiger partial charge in [-0.2, -0.15) is 0 Å². The molecule has 0 aliphatic carbocycles. The number of nitrogens with zero attached hydrogens (tertiary/aromatic N) is 2. The highest BCUT2D eigenvalue weighted by molar-refractivity contribution is 7.98. The first kappa shape index (κ1) is 11.0. The minimum Gasteiger partial charge on any atom is -0.481 e. The van der Waals surface area contributed by atoms with E-state index in [4.69, 9.17) is 5.11 Å². The smallest absolute Gasteiger partial charge is 0.309 e. The lowest BCUT2D eigenvalue weighted by Gasteiger charge is -2.02. The van der Waals surface area contributed by atoms with Crippen molar-refractivity contribution in [2.75, 3.05) is 6.26 Å². The third-order valence-corrected chi connectivity index (χ3v) is 2.24. The summed E-state index contributed by atoms with van der Waals surface area (Å²) in [7, 11) is 0. The molecule has 1 heterocycles. The molecule has 1 aromatic heterocycles. The Bertz CT molecular complexity index is 319. The van der Waals surface area contributed by atoms with Crippen LogP contribution in [0.25, 0.3) is 0 Å². The van der Waals surface area contributed by atoms with E-state index in [0.29, 0.717) is 10.9 Å². The molecule has 1 rings (SSSR count). The van der Waals surface area contributed by atoms with Gasteiger partial charge in [-0.05, 0) is 18.7 Å². The number of rotatable bonds is 4. The standard InChI is InChI=1S/C9H12N2O2S/c1-3-6-4-7(5-8(12)13)11-9(10-6)14-2/h4H,3,5H2,1-2H3,(H,12,13). The number of hydrogen-bond donors (Lipinski definition) is 1. The second-order valence-electron chi connectivity index (χ2n) is 2.76. The third-order valence-electron chi connectivity index (χ3n) is 1.69. The molecule has 76 valence electrons. The Labute approximate surface area is 86.8 Å². The Morgan fingerprint density at radius 1 is 1.50 bits per heavy atom. The highest BCUT2D eigenvalue weighted by Crippen LogP contribution is 2.11. The topological polar surface area (TPSA) is 63.1 Å². The lowest BCUT2D eigenvalue weighted by Crippen LogP contribution is -2.05. The van der Waals surface area contributed by atoms with E-state index in [-0.39, 0.29) is 6.42 Å². The molecule has 0 bridgehead atoms. The first-order valence-electron chi connectivity index (χ1n) is 4.28. The lowest BCUT2D eigenvalue weighted by molar-refractivity contribution is -0.136. The molecule has 0 radical (unpaired) electrons. The van der Waals surface area contributed by atoms with Gasteiger partial charge in [0.2, 0.25) is 0 Å². The Morgan fingerprint density at radius 3 is 2.64 bits per heavy atom. The van der Waals surface area contributed by atoms with Crippen LogP contribution in [0.5, 0.6) is 0 Å². The highest BCUT2D eigenvalue weighted by atomic mass is 32.2. The average molecular weight is 212 g/mol. The Kier molecular flexibility index (Phi) is 3.88. The van der Waals surface area contributed by atoms with Crippen LogP contribution in [0.4, 0.5) is 0 Å². The summed E-state index contributed by atoms with van der Waals surface area (Å²) in [6.07, 6.45) is 2.63. The normalized spacial score (nSPS) is 10.1. The fraction of sp³-hybridized carbons (Fsp3) is 0.444. The van der Waals surface area contributed by atoms with E-state index in [1.165, 1.54) is 11.8 Å². The Hall–Kier alpha value is -1.10. The molecule has 1 N–H and O–H groups in total. The molecular formula is C9H12N2O2S. The predicted octanol–water partition coefficient (Wildman–Crippen LogP) is 1.39. The predicted molar refractivity (Wildman–Crippen MR) is 54.5 cm³/mol. The number of aliphatic carboxylic acids is 1. The van der Waals surface area contributed by atoms with Gasteiger partial charge in [-0.3, -0.25) is 4.79 Å². The van der Waals surface area contributed by atoms with Gasteiger partial charge >= 0.3 is 5.97 Å². The summed E-state index contributed by atoms with van der Waals surface area (Å²) in [5, 5.41) is 9.27. The molecule has 0 aliphatic rings. The number of aryl methyl sites for hydroxylation is 1. The van der Waals surface area contributed by atoms with Gasteiger partial charge in [-0.15, -0.1) is 0 Å². The Balaban J connectivity index is 2.98. The Morgan fingerprint density at radius 2 is 2.14 bits per heavy atom. The van der Waals surface area contributed by atoms with Crippen molar-refractivity contribution in [1.29, 1.82) is 0 Å². The molecule has 0 atom stereocenters. The van der Waals surface area contributed by atoms with Crippen molar-refractivity contribution >= 4 is 17.7 Å². The van der Waals surface area contributed by atoms with Crippen LogP contribution in [0.2, 0.25) is 0 Å². The van der Waals surface area contributed by atoms with Crippen LogP contribution < -0.4 is 0 Å². The van der Waals surface area contributed by atoms with E-state index >= 15 is 0 Å². The molecule has 0 spiro atoms. The van der Waals surface area contributed by atoms with E-state index in [1.807, 2.05) is 13.2 Å². The molecule has 14 heavy (non-hydrogen) atoms. The van der Waals surface area contributed by atoms with Crippen molar-refractivity contribution in [3.05, 3.63) is 17.5 Å². The second kappa shape index (κ2) is 4.95. The van der Waals surface area contributed by atoms with Crippen LogP contribution in [-0.4, -0.2) is 27.3 Å². The summed E-state index contributed by atoms with van der Waals surface area (Å²) in [4.78, 5) is 18.8. The number of carboxylic acid groups (broad SMARTS) is 1. The molecule has 0 aromatic carbocycles. The van der Waals surface area contributed by atoms with Crippen molar-refractivity contribution in [3.8, 4) is 0 Å². The van der Waals surface area contributed by atoms with E-state index < -0.39 is 5.97 Å². The summed E-state index contributed by atoms with van der Waals surface area (Å²) >= 11 is 1.42. The average Bonchev–Trinajstić information content (AvgIpc) is 2.16. The van der Waals surface area contributed by atoms with Gasteiger partial charge in [0.05, 0.1) is 12.1 Å². The summed E-state index contributed by atoms with van der Waals surface area (Å²) in [5.74, 6) is -0.863. The largest absolute Gasteiger partial charge is 0.481 e. The highest BCUT2D eigenvalue weighted by Gasteiger charge is 2.06. The van der Waals surface area contributed by atoms with E-state index in [0.717, 1.165) is 12.1 Å². The van der Waals surface area contributed by atoms with Gasteiger partial charge < -0.3 is 5.11 Å². The van der Waals surface area contributed by atoms with Crippen molar-refractivity contribution in [1.82, 2.24) is 9.97 Å². The lowest BCUT2D eigenvalue weighted by atomic mass is 10.2. The fourth-order valence-electron chi connectivity index (χ4n) is 1.05. The van der Waals surface area contributed by atoms with Crippen molar-refractivity contribution < 1.29 is 9.90 Å². The van der Waals surface area contributed by atoms with Crippen LogP contribution in [0.1, 0.15) is 18.3 Å². The van der Waals surface area contributed by atoms with Gasteiger partial charge in [0, 0.05) is 5.69 Å². The monoisotopic (exact) mass is 212 g/mol. The first-order valence-corrected chi connectivity index (χ1v) is 5.50. The maximum atomic E-state index is 10.5. The molecule has 1 aromatic rings. The van der Waals surface area contributed by atoms with Gasteiger partial charge in [-0.25, -0.2) is 9.97 Å². The SMILES string of the molecule is CCc1cc(CC(=O)O)nc(SC)n1. The zero-order valence-electron chi connectivity index (χ0n) is 8.15. The quantitative estimate of drug-likeness (QED) is 0.603. The second-order valence-corrected chi connectivity index (χ2v) is 3.53. The molecule has 0 unspecified atom stereocenters. The van der Waals surface area contributed by atoms with E-state index in [9.17, 15) is 4.79 Å². The molecular weight excluding hydrogens is 200 g/mol. The molecule has 0 amide bonds. The van der Waals surface area contributed by atoms with Gasteiger partial charge in [-0.1, -0.05) is 18.7 Å². The first-order chi connectivity index (χ1) is 6.65. The van der Waals surface area contributed by atoms with Crippen LogP contribution in [0.15, 0.2) is 11.2 Å².